The van der Waals surface area contributed by atoms with Crippen molar-refractivity contribution < 1.29 is 14.3 Å². The first-order chi connectivity index (χ1) is 8.69. The molecule has 0 unspecified atom stereocenters. The second kappa shape index (κ2) is 7.49. The van der Waals surface area contributed by atoms with Crippen LogP contribution in [-0.2, 0) is 14.3 Å². The van der Waals surface area contributed by atoms with Crippen molar-refractivity contribution in [1.29, 1.82) is 0 Å². The number of carbonyl (C=O) groups is 1. The summed E-state index contributed by atoms with van der Waals surface area (Å²) >= 11 is 0. The molecule has 0 fully saturated rings. The van der Waals surface area contributed by atoms with Gasteiger partial charge in [0.25, 0.3) is 0 Å². The molecule has 0 aliphatic heterocycles. The molecule has 18 heavy (non-hydrogen) atoms. The molecule has 0 aromatic heterocycles. The van der Waals surface area contributed by atoms with Gasteiger partial charge in [-0.25, -0.2) is 0 Å². The molecule has 0 saturated heterocycles. The molecule has 0 aliphatic rings. The average molecular weight is 247 g/mol. The summed E-state index contributed by atoms with van der Waals surface area (Å²) in [6.07, 6.45) is -0.434. The normalized spacial score (nSPS) is 9.78. The highest BCUT2D eigenvalue weighted by atomic mass is 16.7. The van der Waals surface area contributed by atoms with Gasteiger partial charge >= 0.3 is 0 Å². The zero-order chi connectivity index (χ0) is 13.4. The van der Waals surface area contributed by atoms with Crippen molar-refractivity contribution in [2.24, 2.45) is 0 Å². The monoisotopic (exact) mass is 247 g/mol. The third-order valence-corrected chi connectivity index (χ3v) is 2.29. The van der Waals surface area contributed by atoms with Crippen molar-refractivity contribution in [1.82, 2.24) is 5.32 Å². The molecule has 1 aromatic rings. The smallest absolute Gasteiger partial charge is 0.217 e. The van der Waals surface area contributed by atoms with Gasteiger partial charge in [-0.05, 0) is 6.07 Å². The van der Waals surface area contributed by atoms with Gasteiger partial charge in [0.05, 0.1) is 6.54 Å². The minimum atomic E-state index is -0.434. The first-order valence-corrected chi connectivity index (χ1v) is 5.57. The largest absolute Gasteiger partial charge is 0.352 e. The minimum absolute atomic E-state index is 0.0933. The van der Waals surface area contributed by atoms with Crippen LogP contribution in [0.4, 0.5) is 0 Å². The lowest BCUT2D eigenvalue weighted by atomic mass is 10.1. The van der Waals surface area contributed by atoms with Crippen molar-refractivity contribution in [2.75, 3.05) is 20.8 Å². The van der Waals surface area contributed by atoms with Crippen LogP contribution in [0.2, 0.25) is 0 Å². The fourth-order valence-electron chi connectivity index (χ4n) is 1.47. The maximum atomic E-state index is 10.7. The Bertz CT molecular complexity index is 456. The lowest BCUT2D eigenvalue weighted by Crippen LogP contribution is -2.19. The van der Waals surface area contributed by atoms with E-state index in [-0.39, 0.29) is 5.91 Å². The van der Waals surface area contributed by atoms with E-state index in [0.717, 1.165) is 11.1 Å². The Balaban J connectivity index is 2.84. The molecular formula is C14H17NO3. The number of rotatable bonds is 4. The molecule has 0 saturated carbocycles. The van der Waals surface area contributed by atoms with E-state index in [4.69, 9.17) is 9.47 Å². The van der Waals surface area contributed by atoms with Gasteiger partial charge in [-0.3, -0.25) is 4.79 Å². The maximum Gasteiger partial charge on any atom is 0.217 e. The van der Waals surface area contributed by atoms with Gasteiger partial charge in [0, 0.05) is 32.3 Å². The summed E-state index contributed by atoms with van der Waals surface area (Å²) in [7, 11) is 3.16. The van der Waals surface area contributed by atoms with Gasteiger partial charge in [0.1, 0.15) is 0 Å². The number of ether oxygens (including phenoxy) is 2. The zero-order valence-electron chi connectivity index (χ0n) is 10.8. The Kier molecular flexibility index (Phi) is 5.92. The Labute approximate surface area is 107 Å². The van der Waals surface area contributed by atoms with Gasteiger partial charge < -0.3 is 14.8 Å². The highest BCUT2D eigenvalue weighted by Gasteiger charge is 2.11. The first kappa shape index (κ1) is 14.2. The minimum Gasteiger partial charge on any atom is -0.352 e. The third kappa shape index (κ3) is 4.21. The highest BCUT2D eigenvalue weighted by Crippen LogP contribution is 2.20. The number of benzene rings is 1. The number of carbonyl (C=O) groups excluding carboxylic acids is 1. The molecule has 1 amide bonds. The molecule has 0 atom stereocenters. The molecule has 0 radical (unpaired) electrons. The van der Waals surface area contributed by atoms with Crippen LogP contribution >= 0.6 is 0 Å². The average Bonchev–Trinajstić information content (AvgIpc) is 2.37. The molecule has 1 aromatic carbocycles. The summed E-state index contributed by atoms with van der Waals surface area (Å²) in [4.78, 5) is 10.7. The predicted molar refractivity (Wildman–Crippen MR) is 68.8 cm³/mol. The van der Waals surface area contributed by atoms with Crippen LogP contribution in [0.15, 0.2) is 24.3 Å². The second-order valence-corrected chi connectivity index (χ2v) is 3.60. The van der Waals surface area contributed by atoms with E-state index in [1.165, 1.54) is 6.92 Å². The Morgan fingerprint density at radius 3 is 2.61 bits per heavy atom. The maximum absolute atomic E-state index is 10.7. The quantitative estimate of drug-likeness (QED) is 0.647. The molecule has 1 rings (SSSR count). The molecule has 1 N–H and O–H groups in total. The van der Waals surface area contributed by atoms with E-state index >= 15 is 0 Å². The van der Waals surface area contributed by atoms with Crippen molar-refractivity contribution >= 4 is 5.91 Å². The Hall–Kier alpha value is -1.83. The fourth-order valence-corrected chi connectivity index (χ4v) is 1.47. The van der Waals surface area contributed by atoms with Crippen molar-refractivity contribution in [3.63, 3.8) is 0 Å². The van der Waals surface area contributed by atoms with Gasteiger partial charge in [-0.15, -0.1) is 0 Å². The van der Waals surface area contributed by atoms with E-state index in [1.807, 2.05) is 24.3 Å². The van der Waals surface area contributed by atoms with Gasteiger partial charge in [0.15, 0.2) is 6.29 Å². The van der Waals surface area contributed by atoms with E-state index in [1.54, 1.807) is 14.2 Å². The second-order valence-electron chi connectivity index (χ2n) is 3.60. The van der Waals surface area contributed by atoms with Crippen LogP contribution in [0.3, 0.4) is 0 Å². The zero-order valence-corrected chi connectivity index (χ0v) is 10.8. The van der Waals surface area contributed by atoms with Crippen LogP contribution < -0.4 is 5.32 Å². The van der Waals surface area contributed by atoms with Crippen molar-refractivity contribution in [2.45, 2.75) is 13.2 Å². The van der Waals surface area contributed by atoms with Crippen LogP contribution in [0.1, 0.15) is 24.3 Å². The predicted octanol–water partition coefficient (Wildman–Crippen LogP) is 1.47. The van der Waals surface area contributed by atoms with E-state index < -0.39 is 6.29 Å². The molecule has 4 nitrogen and oxygen atoms in total. The Morgan fingerprint density at radius 1 is 1.33 bits per heavy atom. The van der Waals surface area contributed by atoms with Crippen LogP contribution in [0, 0.1) is 11.8 Å². The summed E-state index contributed by atoms with van der Waals surface area (Å²) in [5.41, 5.74) is 1.70. The van der Waals surface area contributed by atoms with Gasteiger partial charge in [-0.2, -0.15) is 0 Å². The molecule has 0 bridgehead atoms. The molecule has 0 spiro atoms. The number of nitrogens with one attached hydrogen (secondary N) is 1. The summed E-state index contributed by atoms with van der Waals surface area (Å²) < 4.78 is 10.4. The molecule has 4 heteroatoms. The van der Waals surface area contributed by atoms with Crippen LogP contribution in [0.5, 0.6) is 0 Å². The SMILES string of the molecule is COC(OC)c1ccccc1C#CCNC(C)=O. The molecule has 96 valence electrons. The van der Waals surface area contributed by atoms with Crippen molar-refractivity contribution in [3.05, 3.63) is 35.4 Å². The number of amides is 1. The molecule has 0 aliphatic carbocycles. The lowest BCUT2D eigenvalue weighted by Gasteiger charge is -2.15. The van der Waals surface area contributed by atoms with Crippen LogP contribution in [-0.4, -0.2) is 26.7 Å². The molecule has 0 heterocycles. The van der Waals surface area contributed by atoms with Gasteiger partial charge in [-0.1, -0.05) is 30.0 Å². The van der Waals surface area contributed by atoms with Gasteiger partial charge in [0.2, 0.25) is 5.91 Å². The molecular weight excluding hydrogens is 230 g/mol. The summed E-state index contributed by atoms with van der Waals surface area (Å²) in [5, 5.41) is 2.62. The van der Waals surface area contributed by atoms with E-state index in [9.17, 15) is 4.79 Å². The lowest BCUT2D eigenvalue weighted by molar-refractivity contribution is -0.118. The highest BCUT2D eigenvalue weighted by molar-refractivity contribution is 5.73. The number of hydrogen-bond donors (Lipinski definition) is 1. The summed E-state index contributed by atoms with van der Waals surface area (Å²) in [6, 6.07) is 7.59. The topological polar surface area (TPSA) is 47.6 Å². The number of methoxy groups -OCH3 is 2. The Morgan fingerprint density at radius 2 is 2.00 bits per heavy atom. The fraction of sp³-hybridized carbons (Fsp3) is 0.357. The van der Waals surface area contributed by atoms with E-state index in [0.29, 0.717) is 6.54 Å². The van der Waals surface area contributed by atoms with Crippen molar-refractivity contribution in [3.8, 4) is 11.8 Å². The van der Waals surface area contributed by atoms with Crippen LogP contribution in [0.25, 0.3) is 0 Å². The first-order valence-electron chi connectivity index (χ1n) is 5.57. The van der Waals surface area contributed by atoms with E-state index in [2.05, 4.69) is 17.2 Å². The standard InChI is InChI=1S/C14H17NO3/c1-11(16)15-10-6-8-12-7-4-5-9-13(12)14(17-2)18-3/h4-5,7,9,14H,10H2,1-3H3,(H,15,16). The summed E-state index contributed by atoms with van der Waals surface area (Å²) in [6.45, 7) is 1.79. The summed E-state index contributed by atoms with van der Waals surface area (Å²) in [5.74, 6) is 5.78. The number of hydrogen-bond acceptors (Lipinski definition) is 3. The third-order valence-electron chi connectivity index (χ3n) is 2.29.